The van der Waals surface area contributed by atoms with Crippen LogP contribution in [0.5, 0.6) is 5.88 Å². The van der Waals surface area contributed by atoms with Crippen molar-refractivity contribution >= 4 is 11.9 Å². The molecule has 16 heteroatoms. The Labute approximate surface area is 225 Å². The third kappa shape index (κ3) is 10.9. The van der Waals surface area contributed by atoms with Gasteiger partial charge in [-0.05, 0) is 24.1 Å². The number of hydrogen-bond donors (Lipinski definition) is 2. The zero-order valence-electron chi connectivity index (χ0n) is 21.2. The Hall–Kier alpha value is -3.50. The Kier molecular flexibility index (Phi) is 12.1. The molecule has 4 heterocycles. The van der Waals surface area contributed by atoms with E-state index in [0.29, 0.717) is 18.8 Å². The van der Waals surface area contributed by atoms with Crippen molar-refractivity contribution in [3.05, 3.63) is 54.0 Å². The van der Waals surface area contributed by atoms with Gasteiger partial charge < -0.3 is 19.7 Å². The number of aromatic nitrogens is 2. The molecule has 2 atom stereocenters. The first-order chi connectivity index (χ1) is 18.7. The lowest BCUT2D eigenvalue weighted by Crippen LogP contribution is -2.49. The van der Waals surface area contributed by atoms with Crippen LogP contribution in [-0.2, 0) is 27.5 Å². The second-order valence-corrected chi connectivity index (χ2v) is 8.69. The van der Waals surface area contributed by atoms with Crippen LogP contribution in [0.3, 0.4) is 0 Å². The normalized spacial score (nSPS) is 19.4. The van der Waals surface area contributed by atoms with Crippen LogP contribution in [0.4, 0.5) is 26.3 Å². The number of aliphatic carboxylic acids is 2. The number of alkyl halides is 6. The SMILES string of the molecule is COc1ncccc1CN1CCN2C[C@H](OCc3cccnc3)C[C@H]2C1.O=C(O)C(F)(F)F.O=C(O)C(F)(F)F. The molecule has 0 aromatic carbocycles. The topological polar surface area (TPSA) is 125 Å². The molecular weight excluding hydrogens is 554 g/mol. The second-order valence-electron chi connectivity index (χ2n) is 8.69. The first-order valence-electron chi connectivity index (χ1n) is 11.8. The predicted octanol–water partition coefficient (Wildman–Crippen LogP) is 3.23. The molecule has 0 unspecified atom stereocenters. The van der Waals surface area contributed by atoms with Crippen molar-refractivity contribution in [1.82, 2.24) is 19.8 Å². The zero-order chi connectivity index (χ0) is 29.9. The van der Waals surface area contributed by atoms with E-state index in [1.807, 2.05) is 18.3 Å². The third-order valence-corrected chi connectivity index (χ3v) is 5.79. The van der Waals surface area contributed by atoms with Crippen molar-refractivity contribution < 1.29 is 55.6 Å². The van der Waals surface area contributed by atoms with Gasteiger partial charge in [-0.3, -0.25) is 14.8 Å². The van der Waals surface area contributed by atoms with Crippen molar-refractivity contribution in [2.75, 3.05) is 33.3 Å². The summed E-state index contributed by atoms with van der Waals surface area (Å²) in [6.45, 7) is 5.82. The number of carboxylic acids is 2. The molecule has 0 saturated carbocycles. The highest BCUT2D eigenvalue weighted by molar-refractivity contribution is 5.73. The smallest absolute Gasteiger partial charge is 0.481 e. The summed E-state index contributed by atoms with van der Waals surface area (Å²) in [7, 11) is 1.69. The maximum Gasteiger partial charge on any atom is 0.490 e. The predicted molar refractivity (Wildman–Crippen MR) is 126 cm³/mol. The summed E-state index contributed by atoms with van der Waals surface area (Å²) >= 11 is 0. The minimum Gasteiger partial charge on any atom is -0.481 e. The van der Waals surface area contributed by atoms with E-state index in [9.17, 15) is 26.3 Å². The summed E-state index contributed by atoms with van der Waals surface area (Å²) in [6, 6.07) is 8.68. The van der Waals surface area contributed by atoms with E-state index < -0.39 is 24.3 Å². The van der Waals surface area contributed by atoms with Gasteiger partial charge in [-0.1, -0.05) is 12.1 Å². The summed E-state index contributed by atoms with van der Waals surface area (Å²) in [5.41, 5.74) is 2.30. The minimum absolute atomic E-state index is 0.313. The van der Waals surface area contributed by atoms with E-state index in [-0.39, 0.29) is 0 Å². The number of halogens is 6. The molecule has 2 fully saturated rings. The number of ether oxygens (including phenoxy) is 2. The number of carboxylic acid groups (broad SMARTS) is 2. The van der Waals surface area contributed by atoms with Crippen molar-refractivity contribution in [1.29, 1.82) is 0 Å². The Bertz CT molecular complexity index is 1070. The van der Waals surface area contributed by atoms with Crippen molar-refractivity contribution in [2.45, 2.75) is 44.1 Å². The summed E-state index contributed by atoms with van der Waals surface area (Å²) in [6.07, 6.45) is -3.30. The fourth-order valence-electron chi connectivity index (χ4n) is 3.99. The summed E-state index contributed by atoms with van der Waals surface area (Å²) < 4.78 is 75.0. The Morgan fingerprint density at radius 3 is 2.17 bits per heavy atom. The molecule has 0 amide bonds. The lowest BCUT2D eigenvalue weighted by molar-refractivity contribution is -0.193. The number of nitrogens with zero attached hydrogens (tertiary/aromatic N) is 4. The second kappa shape index (κ2) is 14.8. The number of rotatable bonds is 6. The molecular formula is C24H28F6N4O6. The molecule has 0 aliphatic carbocycles. The first-order valence-corrected chi connectivity index (χ1v) is 11.8. The summed E-state index contributed by atoms with van der Waals surface area (Å²) in [4.78, 5) is 31.3. The monoisotopic (exact) mass is 582 g/mol. The van der Waals surface area contributed by atoms with Gasteiger partial charge in [0.1, 0.15) is 0 Å². The molecule has 2 aliphatic heterocycles. The van der Waals surface area contributed by atoms with Crippen LogP contribution in [0.2, 0.25) is 0 Å². The molecule has 2 saturated heterocycles. The van der Waals surface area contributed by atoms with Crippen LogP contribution < -0.4 is 4.74 Å². The molecule has 0 radical (unpaired) electrons. The maximum absolute atomic E-state index is 10.6. The van der Waals surface area contributed by atoms with Gasteiger partial charge in [0.15, 0.2) is 0 Å². The van der Waals surface area contributed by atoms with Crippen molar-refractivity contribution in [2.24, 2.45) is 0 Å². The molecule has 2 N–H and O–H groups in total. The molecule has 10 nitrogen and oxygen atoms in total. The van der Waals surface area contributed by atoms with E-state index in [1.165, 1.54) is 0 Å². The van der Waals surface area contributed by atoms with Crippen LogP contribution in [0.1, 0.15) is 17.5 Å². The minimum atomic E-state index is -5.08. The van der Waals surface area contributed by atoms with Crippen LogP contribution in [0, 0.1) is 0 Å². The number of methoxy groups -OCH3 is 1. The van der Waals surface area contributed by atoms with Gasteiger partial charge in [0.05, 0.1) is 19.8 Å². The highest BCUT2D eigenvalue weighted by Crippen LogP contribution is 2.26. The van der Waals surface area contributed by atoms with Gasteiger partial charge >= 0.3 is 24.3 Å². The van der Waals surface area contributed by atoms with Gasteiger partial charge in [0.2, 0.25) is 5.88 Å². The van der Waals surface area contributed by atoms with Crippen LogP contribution in [-0.4, -0.2) is 99.7 Å². The first kappa shape index (κ1) is 32.7. The van der Waals surface area contributed by atoms with Crippen molar-refractivity contribution in [3.8, 4) is 5.88 Å². The average Bonchev–Trinajstić information content (AvgIpc) is 3.30. The van der Waals surface area contributed by atoms with Crippen LogP contribution >= 0.6 is 0 Å². The molecule has 0 bridgehead atoms. The number of fused-ring (bicyclic) bond motifs is 1. The van der Waals surface area contributed by atoms with Crippen molar-refractivity contribution in [3.63, 3.8) is 0 Å². The molecule has 4 rings (SSSR count). The van der Waals surface area contributed by atoms with E-state index in [0.717, 1.165) is 56.2 Å². The number of piperazine rings is 1. The standard InChI is InChI=1S/C20H26N4O2.2C2HF3O2/c1-25-20-17(5-3-7-22-20)12-23-8-9-24-14-19(10-18(24)13-23)26-15-16-4-2-6-21-11-16;2*3-2(4,5)1(6)7/h2-7,11,18-19H,8-10,12-15H2,1H3;2*(H,6,7)/t18-,19+;;/m0../s1. The van der Waals surface area contributed by atoms with Gasteiger partial charge in [-0.25, -0.2) is 14.6 Å². The summed E-state index contributed by atoms with van der Waals surface area (Å²) in [5, 5.41) is 14.2. The maximum atomic E-state index is 10.6. The van der Waals surface area contributed by atoms with E-state index in [2.05, 4.69) is 31.9 Å². The quantitative estimate of drug-likeness (QED) is 0.491. The van der Waals surface area contributed by atoms with Crippen LogP contribution in [0.15, 0.2) is 42.9 Å². The fraction of sp³-hybridized carbons (Fsp3) is 0.500. The molecule has 40 heavy (non-hydrogen) atoms. The Morgan fingerprint density at radius 2 is 1.62 bits per heavy atom. The molecule has 2 aliphatic rings. The lowest BCUT2D eigenvalue weighted by Gasteiger charge is -2.37. The largest absolute Gasteiger partial charge is 0.490 e. The van der Waals surface area contributed by atoms with Gasteiger partial charge in [-0.2, -0.15) is 26.3 Å². The van der Waals surface area contributed by atoms with Crippen LogP contribution in [0.25, 0.3) is 0 Å². The number of carbonyl (C=O) groups is 2. The number of pyridine rings is 2. The highest BCUT2D eigenvalue weighted by atomic mass is 19.4. The highest BCUT2D eigenvalue weighted by Gasteiger charge is 2.39. The van der Waals surface area contributed by atoms with Gasteiger partial charge in [0.25, 0.3) is 0 Å². The van der Waals surface area contributed by atoms with E-state index in [1.54, 1.807) is 19.5 Å². The fourth-order valence-corrected chi connectivity index (χ4v) is 3.99. The van der Waals surface area contributed by atoms with E-state index >= 15 is 0 Å². The zero-order valence-corrected chi connectivity index (χ0v) is 21.2. The molecule has 222 valence electrons. The molecule has 2 aromatic rings. The molecule has 2 aromatic heterocycles. The molecule has 0 spiro atoms. The van der Waals surface area contributed by atoms with Gasteiger partial charge in [-0.15, -0.1) is 0 Å². The average molecular weight is 582 g/mol. The lowest BCUT2D eigenvalue weighted by atomic mass is 10.1. The number of hydrogen-bond acceptors (Lipinski definition) is 8. The van der Waals surface area contributed by atoms with E-state index in [4.69, 9.17) is 29.3 Å². The Morgan fingerprint density at radius 1 is 1.00 bits per heavy atom. The van der Waals surface area contributed by atoms with Gasteiger partial charge in [0, 0.05) is 62.9 Å². The summed E-state index contributed by atoms with van der Waals surface area (Å²) in [5.74, 6) is -4.78. The Balaban J connectivity index is 0.000000333. The third-order valence-electron chi connectivity index (χ3n) is 5.79.